The van der Waals surface area contributed by atoms with Crippen molar-refractivity contribution in [2.45, 2.75) is 19.0 Å². The Morgan fingerprint density at radius 3 is 2.90 bits per heavy atom. The number of anilines is 1. The summed E-state index contributed by atoms with van der Waals surface area (Å²) >= 11 is 1.29. The van der Waals surface area contributed by atoms with Crippen LogP contribution in [0.25, 0.3) is 10.2 Å². The average molecular weight is 317 g/mol. The first-order valence-corrected chi connectivity index (χ1v) is 7.52. The predicted octanol–water partition coefficient (Wildman–Crippen LogP) is 2.77. The van der Waals surface area contributed by atoms with Gasteiger partial charge in [-0.05, 0) is 24.3 Å². The molecular formula is C13H14F3N3OS. The number of hydrogen-bond donors (Lipinski definition) is 0. The van der Waals surface area contributed by atoms with E-state index in [1.807, 2.05) is 0 Å². The zero-order chi connectivity index (χ0) is 15.2. The maximum atomic E-state index is 12.9. The molecule has 0 aliphatic carbocycles. The fourth-order valence-electron chi connectivity index (χ4n) is 2.69. The van der Waals surface area contributed by atoms with Gasteiger partial charge in [0.25, 0.3) is 5.56 Å². The van der Waals surface area contributed by atoms with Crippen molar-refractivity contribution in [3.63, 3.8) is 0 Å². The van der Waals surface area contributed by atoms with Crippen molar-refractivity contribution in [2.75, 3.05) is 18.0 Å². The minimum atomic E-state index is -4.20. The van der Waals surface area contributed by atoms with Crippen LogP contribution in [0, 0.1) is 5.92 Å². The lowest BCUT2D eigenvalue weighted by molar-refractivity contribution is -0.176. The van der Waals surface area contributed by atoms with Gasteiger partial charge in [-0.15, -0.1) is 11.3 Å². The number of hydrogen-bond acceptors (Lipinski definition) is 4. The van der Waals surface area contributed by atoms with Gasteiger partial charge >= 0.3 is 6.18 Å². The Labute approximate surface area is 122 Å². The first kappa shape index (κ1) is 14.4. The van der Waals surface area contributed by atoms with Gasteiger partial charge in [0.05, 0.1) is 11.4 Å². The molecule has 0 aromatic carbocycles. The third-order valence-corrected chi connectivity index (χ3v) is 4.72. The molecule has 3 heterocycles. The molecule has 1 saturated heterocycles. The lowest BCUT2D eigenvalue weighted by Gasteiger charge is -2.34. The molecule has 0 N–H and O–H groups in total. The minimum Gasteiger partial charge on any atom is -0.342 e. The normalized spacial score (nSPS) is 20.2. The molecule has 1 atom stereocenters. The molecule has 0 saturated carbocycles. The third kappa shape index (κ3) is 2.52. The fourth-order valence-corrected chi connectivity index (χ4v) is 3.49. The summed E-state index contributed by atoms with van der Waals surface area (Å²) in [5.74, 6) is -1.04. The van der Waals surface area contributed by atoms with E-state index in [2.05, 4.69) is 4.98 Å². The van der Waals surface area contributed by atoms with E-state index in [-0.39, 0.29) is 18.5 Å². The lowest BCUT2D eigenvalue weighted by atomic mass is 9.98. The van der Waals surface area contributed by atoms with Crippen LogP contribution in [0.5, 0.6) is 0 Å². The SMILES string of the molecule is Cn1c(N2CCCC(C(F)(F)F)C2)nc2ccsc2c1=O. The summed E-state index contributed by atoms with van der Waals surface area (Å²) in [6, 6.07) is 1.72. The molecule has 1 fully saturated rings. The summed E-state index contributed by atoms with van der Waals surface area (Å²) in [5, 5.41) is 1.76. The van der Waals surface area contributed by atoms with Crippen molar-refractivity contribution in [3.8, 4) is 0 Å². The Bertz CT molecular complexity index is 722. The standard InChI is InChI=1S/C13H14F3N3OS/c1-18-11(20)10-9(4-6-21-10)17-12(18)19-5-2-3-8(7-19)13(14,15)16/h4,6,8H,2-3,5,7H2,1H3. The Morgan fingerprint density at radius 1 is 1.43 bits per heavy atom. The van der Waals surface area contributed by atoms with Crippen LogP contribution in [-0.2, 0) is 7.05 Å². The van der Waals surface area contributed by atoms with Crippen LogP contribution in [-0.4, -0.2) is 28.8 Å². The molecule has 0 spiro atoms. The van der Waals surface area contributed by atoms with Crippen molar-refractivity contribution in [2.24, 2.45) is 13.0 Å². The minimum absolute atomic E-state index is 0.134. The highest BCUT2D eigenvalue weighted by atomic mass is 32.1. The first-order chi connectivity index (χ1) is 9.88. The van der Waals surface area contributed by atoms with Crippen molar-refractivity contribution < 1.29 is 13.2 Å². The number of nitrogens with zero attached hydrogens (tertiary/aromatic N) is 3. The van der Waals surface area contributed by atoms with E-state index < -0.39 is 12.1 Å². The number of alkyl halides is 3. The van der Waals surface area contributed by atoms with E-state index in [0.29, 0.717) is 29.1 Å². The number of aromatic nitrogens is 2. The number of thiophene rings is 1. The third-order valence-electron chi connectivity index (χ3n) is 3.83. The molecule has 4 nitrogen and oxygen atoms in total. The number of rotatable bonds is 1. The van der Waals surface area contributed by atoms with E-state index >= 15 is 0 Å². The van der Waals surface area contributed by atoms with Crippen molar-refractivity contribution in [1.29, 1.82) is 0 Å². The Morgan fingerprint density at radius 2 is 2.19 bits per heavy atom. The number of piperidine rings is 1. The smallest absolute Gasteiger partial charge is 0.342 e. The summed E-state index contributed by atoms with van der Waals surface area (Å²) in [6.45, 7) is 0.349. The Kier molecular flexibility index (Phi) is 3.43. The maximum Gasteiger partial charge on any atom is 0.393 e. The highest BCUT2D eigenvalue weighted by Crippen LogP contribution is 2.34. The largest absolute Gasteiger partial charge is 0.393 e. The highest BCUT2D eigenvalue weighted by Gasteiger charge is 2.42. The zero-order valence-corrected chi connectivity index (χ0v) is 12.2. The topological polar surface area (TPSA) is 38.1 Å². The Balaban J connectivity index is 2.00. The van der Waals surface area contributed by atoms with Gasteiger partial charge in [-0.25, -0.2) is 4.98 Å². The van der Waals surface area contributed by atoms with Crippen LogP contribution in [0.2, 0.25) is 0 Å². The molecule has 114 valence electrons. The van der Waals surface area contributed by atoms with Crippen LogP contribution in [0.15, 0.2) is 16.2 Å². The summed E-state index contributed by atoms with van der Waals surface area (Å²) in [5.41, 5.74) is 0.339. The fraction of sp³-hybridized carbons (Fsp3) is 0.538. The second-order valence-electron chi connectivity index (χ2n) is 5.24. The predicted molar refractivity (Wildman–Crippen MR) is 75.9 cm³/mol. The summed E-state index contributed by atoms with van der Waals surface area (Å²) in [7, 11) is 1.56. The van der Waals surface area contributed by atoms with Gasteiger partial charge < -0.3 is 4.90 Å². The van der Waals surface area contributed by atoms with E-state index in [0.717, 1.165) is 0 Å². The second kappa shape index (κ2) is 5.01. The number of halogens is 3. The summed E-state index contributed by atoms with van der Waals surface area (Å²) in [6.07, 6.45) is -3.62. The van der Waals surface area contributed by atoms with Gasteiger partial charge in [-0.3, -0.25) is 9.36 Å². The van der Waals surface area contributed by atoms with Gasteiger partial charge in [0.15, 0.2) is 0 Å². The molecule has 1 aliphatic rings. The zero-order valence-electron chi connectivity index (χ0n) is 11.4. The molecule has 0 bridgehead atoms. The van der Waals surface area contributed by atoms with Crippen molar-refractivity contribution in [1.82, 2.24) is 9.55 Å². The van der Waals surface area contributed by atoms with Crippen LogP contribution in [0.4, 0.5) is 19.1 Å². The van der Waals surface area contributed by atoms with Crippen LogP contribution in [0.3, 0.4) is 0 Å². The molecule has 0 amide bonds. The Hall–Kier alpha value is -1.57. The van der Waals surface area contributed by atoms with Crippen LogP contribution < -0.4 is 10.5 Å². The molecular weight excluding hydrogens is 303 g/mol. The molecule has 1 aliphatic heterocycles. The first-order valence-electron chi connectivity index (χ1n) is 6.64. The summed E-state index contributed by atoms with van der Waals surface area (Å²) in [4.78, 5) is 18.2. The molecule has 8 heteroatoms. The average Bonchev–Trinajstić information content (AvgIpc) is 2.90. The van der Waals surface area contributed by atoms with E-state index in [4.69, 9.17) is 0 Å². The van der Waals surface area contributed by atoms with Gasteiger partial charge in [0, 0.05) is 20.1 Å². The van der Waals surface area contributed by atoms with Gasteiger partial charge in [-0.1, -0.05) is 0 Å². The number of fused-ring (bicyclic) bond motifs is 1. The highest BCUT2D eigenvalue weighted by molar-refractivity contribution is 7.17. The lowest BCUT2D eigenvalue weighted by Crippen LogP contribution is -2.44. The van der Waals surface area contributed by atoms with Crippen molar-refractivity contribution >= 4 is 27.5 Å². The molecule has 3 rings (SSSR count). The van der Waals surface area contributed by atoms with Gasteiger partial charge in [-0.2, -0.15) is 13.2 Å². The molecule has 1 unspecified atom stereocenters. The molecule has 2 aromatic heterocycles. The molecule has 0 radical (unpaired) electrons. The van der Waals surface area contributed by atoms with E-state index in [9.17, 15) is 18.0 Å². The maximum absolute atomic E-state index is 12.9. The van der Waals surface area contributed by atoms with Gasteiger partial charge in [0.1, 0.15) is 4.70 Å². The van der Waals surface area contributed by atoms with E-state index in [1.165, 1.54) is 15.9 Å². The quantitative estimate of drug-likeness (QED) is 0.812. The molecule has 21 heavy (non-hydrogen) atoms. The van der Waals surface area contributed by atoms with Crippen LogP contribution in [0.1, 0.15) is 12.8 Å². The van der Waals surface area contributed by atoms with E-state index in [1.54, 1.807) is 23.4 Å². The van der Waals surface area contributed by atoms with Crippen LogP contribution >= 0.6 is 11.3 Å². The summed E-state index contributed by atoms with van der Waals surface area (Å²) < 4.78 is 40.6. The molecule has 2 aromatic rings. The second-order valence-corrected chi connectivity index (χ2v) is 6.15. The van der Waals surface area contributed by atoms with Crippen molar-refractivity contribution in [3.05, 3.63) is 21.8 Å². The monoisotopic (exact) mass is 317 g/mol. The van der Waals surface area contributed by atoms with Gasteiger partial charge in [0.2, 0.25) is 5.95 Å².